The minimum Gasteiger partial charge on any atom is -0.480 e. The molecule has 1 saturated heterocycles. The number of benzene rings is 2. The van der Waals surface area contributed by atoms with Crippen LogP contribution in [0.15, 0.2) is 70.4 Å². The predicted molar refractivity (Wildman–Crippen MR) is 149 cm³/mol. The molecule has 0 radical (unpaired) electrons. The van der Waals surface area contributed by atoms with Crippen molar-refractivity contribution >= 4 is 18.0 Å². The lowest BCUT2D eigenvalue weighted by Crippen LogP contribution is -2.43. The molecular weight excluding hydrogens is 564 g/mol. The Balaban J connectivity index is 1.10. The summed E-state index contributed by atoms with van der Waals surface area (Å²) in [5.74, 6) is -2.16. The molecule has 0 bridgehead atoms. The van der Waals surface area contributed by atoms with E-state index in [0.717, 1.165) is 39.1 Å². The summed E-state index contributed by atoms with van der Waals surface area (Å²) < 4.78 is 11.8. The van der Waals surface area contributed by atoms with Gasteiger partial charge in [0.05, 0.1) is 0 Å². The molecule has 3 aromatic rings. The number of H-pyrrole nitrogens is 1. The molecule has 0 unspecified atom stereocenters. The molecule has 5 atom stereocenters. The Morgan fingerprint density at radius 3 is 2.26 bits per heavy atom. The smallest absolute Gasteiger partial charge is 0.407 e. The van der Waals surface area contributed by atoms with E-state index in [-0.39, 0.29) is 31.9 Å². The molecule has 226 valence electrons. The van der Waals surface area contributed by atoms with E-state index in [9.17, 15) is 39.3 Å². The first-order chi connectivity index (χ1) is 20.6. The number of aliphatic hydroxyl groups is 2. The van der Waals surface area contributed by atoms with E-state index in [1.807, 2.05) is 53.5 Å². The van der Waals surface area contributed by atoms with Crippen LogP contribution in [0.3, 0.4) is 0 Å². The van der Waals surface area contributed by atoms with Crippen molar-refractivity contribution in [1.82, 2.24) is 20.2 Å². The summed E-state index contributed by atoms with van der Waals surface area (Å²) in [5.41, 5.74) is 2.61. The highest BCUT2D eigenvalue weighted by Crippen LogP contribution is 2.44. The number of carbonyl (C=O) groups excluding carboxylic acids is 2. The molecule has 2 aromatic carbocycles. The van der Waals surface area contributed by atoms with Gasteiger partial charge in [-0.15, -0.1) is 0 Å². The highest BCUT2D eigenvalue weighted by molar-refractivity contribution is 5.82. The molecule has 2 amide bonds. The molecule has 43 heavy (non-hydrogen) atoms. The van der Waals surface area contributed by atoms with Gasteiger partial charge in [0, 0.05) is 31.1 Å². The number of aromatic amines is 1. The fourth-order valence-electron chi connectivity index (χ4n) is 5.37. The van der Waals surface area contributed by atoms with Crippen molar-refractivity contribution in [2.45, 2.75) is 49.3 Å². The molecule has 6 N–H and O–H groups in total. The third-order valence-corrected chi connectivity index (χ3v) is 7.56. The van der Waals surface area contributed by atoms with Gasteiger partial charge in [-0.05, 0) is 28.7 Å². The summed E-state index contributed by atoms with van der Waals surface area (Å²) in [7, 11) is 0. The molecule has 14 nitrogen and oxygen atoms in total. The number of hydrogen-bond acceptors (Lipinski definition) is 9. The van der Waals surface area contributed by atoms with Crippen LogP contribution in [0.5, 0.6) is 0 Å². The lowest BCUT2D eigenvalue weighted by molar-refractivity contribution is -0.139. The number of rotatable bonds is 10. The van der Waals surface area contributed by atoms with E-state index in [2.05, 4.69) is 10.6 Å². The first-order valence-electron chi connectivity index (χ1n) is 13.6. The molecule has 2 heterocycles. The van der Waals surface area contributed by atoms with Crippen LogP contribution >= 0.6 is 0 Å². The Bertz CT molecular complexity index is 1590. The Morgan fingerprint density at radius 1 is 0.977 bits per heavy atom. The Labute approximate surface area is 243 Å². The van der Waals surface area contributed by atoms with Crippen molar-refractivity contribution in [1.29, 1.82) is 0 Å². The topological polar surface area (TPSA) is 209 Å². The maximum atomic E-state index is 12.5. The number of alkyl carbamates (subject to hydrolysis) is 1. The normalized spacial score (nSPS) is 21.4. The van der Waals surface area contributed by atoms with Crippen molar-refractivity contribution in [2.75, 3.05) is 13.2 Å². The van der Waals surface area contributed by atoms with Gasteiger partial charge in [0.15, 0.2) is 6.23 Å². The van der Waals surface area contributed by atoms with Crippen LogP contribution in [0, 0.1) is 0 Å². The van der Waals surface area contributed by atoms with Crippen molar-refractivity contribution in [3.63, 3.8) is 0 Å². The van der Waals surface area contributed by atoms with E-state index >= 15 is 0 Å². The van der Waals surface area contributed by atoms with Gasteiger partial charge < -0.3 is 35.4 Å². The van der Waals surface area contributed by atoms with E-state index in [4.69, 9.17) is 9.47 Å². The molecule has 1 fully saturated rings. The number of carboxylic acid groups (broad SMARTS) is 1. The summed E-state index contributed by atoms with van der Waals surface area (Å²) in [5, 5.41) is 35.0. The summed E-state index contributed by atoms with van der Waals surface area (Å²) in [4.78, 5) is 62.1. The molecule has 0 saturated carbocycles. The third-order valence-electron chi connectivity index (χ3n) is 7.56. The van der Waals surface area contributed by atoms with E-state index < -0.39 is 59.8 Å². The van der Waals surface area contributed by atoms with Crippen LogP contribution in [0.2, 0.25) is 0 Å². The number of ether oxygens (including phenoxy) is 2. The average Bonchev–Trinajstić information content (AvgIpc) is 3.46. The monoisotopic (exact) mass is 594 g/mol. The first-order valence-corrected chi connectivity index (χ1v) is 13.6. The lowest BCUT2D eigenvalue weighted by Gasteiger charge is -2.18. The van der Waals surface area contributed by atoms with Gasteiger partial charge in [0.1, 0.15) is 31.0 Å². The number of nitrogens with zero attached hydrogens (tertiary/aromatic N) is 1. The minimum absolute atomic E-state index is 0.00552. The zero-order valence-electron chi connectivity index (χ0n) is 22.7. The van der Waals surface area contributed by atoms with E-state index in [1.165, 1.54) is 0 Å². The number of aromatic nitrogens is 2. The Hall–Kier alpha value is -4.79. The largest absolute Gasteiger partial charge is 0.480 e. The van der Waals surface area contributed by atoms with Crippen LogP contribution < -0.4 is 21.9 Å². The zero-order valence-corrected chi connectivity index (χ0v) is 22.7. The van der Waals surface area contributed by atoms with Crippen LogP contribution in [0.25, 0.3) is 11.1 Å². The van der Waals surface area contributed by atoms with Crippen molar-refractivity contribution in [3.8, 4) is 11.1 Å². The summed E-state index contributed by atoms with van der Waals surface area (Å²) in [6.45, 7) is -0.266. The molecule has 5 rings (SSSR count). The number of nitrogens with one attached hydrogen (secondary N) is 3. The second-order valence-corrected chi connectivity index (χ2v) is 10.3. The maximum Gasteiger partial charge on any atom is 0.407 e. The summed E-state index contributed by atoms with van der Waals surface area (Å²) >= 11 is 0. The summed E-state index contributed by atoms with van der Waals surface area (Å²) in [6.07, 6.45) is -5.77. The highest BCUT2D eigenvalue weighted by Gasteiger charge is 2.44. The molecular formula is C29H30N4O10. The van der Waals surface area contributed by atoms with Crippen molar-refractivity contribution in [2.24, 2.45) is 0 Å². The van der Waals surface area contributed by atoms with Gasteiger partial charge >= 0.3 is 17.8 Å². The quantitative estimate of drug-likeness (QED) is 0.186. The molecule has 2 aliphatic rings. The SMILES string of the molecule is O=C(CC[C@H](NC(=O)OCC1c2ccccc2-c2ccccc21)C(=O)O)NC[C@H]1O[C@@H](n2ccc(=O)[nH]c2=O)[C@H](O)[C@@H]1O. The van der Waals surface area contributed by atoms with Crippen LogP contribution in [-0.2, 0) is 19.1 Å². The Morgan fingerprint density at radius 2 is 1.63 bits per heavy atom. The van der Waals surface area contributed by atoms with Gasteiger partial charge in [0.2, 0.25) is 5.91 Å². The second kappa shape index (κ2) is 12.6. The molecule has 0 spiro atoms. The highest BCUT2D eigenvalue weighted by atomic mass is 16.6. The third kappa shape index (κ3) is 6.35. The van der Waals surface area contributed by atoms with Crippen LogP contribution in [-0.4, -0.2) is 80.3 Å². The molecule has 1 aliphatic heterocycles. The van der Waals surface area contributed by atoms with E-state index in [1.54, 1.807) is 0 Å². The van der Waals surface area contributed by atoms with Gasteiger partial charge in [-0.25, -0.2) is 14.4 Å². The summed E-state index contributed by atoms with van der Waals surface area (Å²) in [6, 6.07) is 15.2. The van der Waals surface area contributed by atoms with Crippen LogP contribution in [0.4, 0.5) is 4.79 Å². The zero-order chi connectivity index (χ0) is 30.7. The molecule has 1 aliphatic carbocycles. The van der Waals surface area contributed by atoms with E-state index in [0.29, 0.717) is 0 Å². The van der Waals surface area contributed by atoms with Crippen molar-refractivity contribution < 1.29 is 39.2 Å². The first kappa shape index (κ1) is 29.7. The fourth-order valence-corrected chi connectivity index (χ4v) is 5.37. The van der Waals surface area contributed by atoms with Crippen molar-refractivity contribution in [3.05, 3.63) is 92.8 Å². The molecule has 14 heteroatoms. The number of aliphatic hydroxyl groups excluding tert-OH is 2. The van der Waals surface area contributed by atoms with Gasteiger partial charge in [0.25, 0.3) is 5.56 Å². The lowest BCUT2D eigenvalue weighted by atomic mass is 9.98. The number of carbonyl (C=O) groups is 3. The number of fused-ring (bicyclic) bond motifs is 3. The number of amides is 2. The average molecular weight is 595 g/mol. The Kier molecular flexibility index (Phi) is 8.71. The fraction of sp³-hybridized carbons (Fsp3) is 0.345. The predicted octanol–water partition coefficient (Wildman–Crippen LogP) is 0.0441. The minimum atomic E-state index is -1.52. The number of aliphatic carboxylic acids is 1. The van der Waals surface area contributed by atoms with Crippen LogP contribution in [0.1, 0.15) is 36.1 Å². The second-order valence-electron chi connectivity index (χ2n) is 10.3. The molecule has 1 aromatic heterocycles. The van der Waals surface area contributed by atoms with Gasteiger partial charge in [-0.1, -0.05) is 48.5 Å². The number of carboxylic acids is 1. The number of hydrogen-bond donors (Lipinski definition) is 6. The standard InChI is InChI=1S/C29H30N4O10/c34-22(30-13-21-24(36)25(37)26(43-21)33-12-11-23(35)32-28(33)40)10-9-20(27(38)39)31-29(41)42-14-19-17-7-3-1-5-15(17)16-6-2-4-8-18(16)19/h1-8,11-12,19-21,24-26,36-37H,9-10,13-14H2,(H,30,34)(H,31,41)(H,38,39)(H,32,35,40)/t20-,21+,24+,25+,26+/m0/s1. The van der Waals surface area contributed by atoms with Gasteiger partial charge in [-0.2, -0.15) is 0 Å². The van der Waals surface area contributed by atoms with Gasteiger partial charge in [-0.3, -0.25) is 19.1 Å². The maximum absolute atomic E-state index is 12.5.